The molecule has 5 nitrogen and oxygen atoms in total. The number of hydrogen-bond acceptors (Lipinski definition) is 4. The van der Waals surface area contributed by atoms with Gasteiger partial charge in [0, 0.05) is 19.2 Å². The number of hydrogen-bond donors (Lipinski definition) is 1. The van der Waals surface area contributed by atoms with Gasteiger partial charge in [0.05, 0.1) is 5.69 Å². The molecule has 26 heavy (non-hydrogen) atoms. The highest BCUT2D eigenvalue weighted by Gasteiger charge is 2.33. The van der Waals surface area contributed by atoms with Gasteiger partial charge in [0.25, 0.3) is 0 Å². The maximum absolute atomic E-state index is 12.5. The molecule has 1 saturated heterocycles. The summed E-state index contributed by atoms with van der Waals surface area (Å²) in [7, 11) is 1.72. The Balaban J connectivity index is 1.70. The molecule has 0 bridgehead atoms. The van der Waals surface area contributed by atoms with Crippen molar-refractivity contribution in [2.24, 2.45) is 4.99 Å². The van der Waals surface area contributed by atoms with E-state index in [4.69, 9.17) is 0 Å². The predicted octanol–water partition coefficient (Wildman–Crippen LogP) is 3.58. The topological polar surface area (TPSA) is 61.8 Å². The summed E-state index contributed by atoms with van der Waals surface area (Å²) in [4.78, 5) is 30.9. The van der Waals surface area contributed by atoms with Gasteiger partial charge in [-0.2, -0.15) is 0 Å². The van der Waals surface area contributed by atoms with E-state index >= 15 is 0 Å². The molecule has 134 valence electrons. The summed E-state index contributed by atoms with van der Waals surface area (Å²) in [5.74, 6) is -0.271. The molecule has 0 spiro atoms. The van der Waals surface area contributed by atoms with Crippen LogP contribution in [0, 0.1) is 13.8 Å². The quantitative estimate of drug-likeness (QED) is 0.898. The molecule has 1 fully saturated rings. The van der Waals surface area contributed by atoms with Crippen molar-refractivity contribution < 1.29 is 9.59 Å². The zero-order chi connectivity index (χ0) is 18.7. The number of nitrogens with zero attached hydrogens (tertiary/aromatic N) is 2. The number of carbonyl (C=O) groups excluding carboxylic acids is 2. The van der Waals surface area contributed by atoms with E-state index in [0.717, 1.165) is 22.5 Å². The van der Waals surface area contributed by atoms with Crippen LogP contribution in [0.1, 0.15) is 17.5 Å². The fourth-order valence-electron chi connectivity index (χ4n) is 2.77. The molecule has 0 radical (unpaired) electrons. The highest BCUT2D eigenvalue weighted by molar-refractivity contribution is 8.15. The molecule has 2 aromatic carbocycles. The second-order valence-corrected chi connectivity index (χ2v) is 7.44. The van der Waals surface area contributed by atoms with Crippen LogP contribution in [0.3, 0.4) is 0 Å². The lowest BCUT2D eigenvalue weighted by Crippen LogP contribution is -2.32. The smallest absolute Gasteiger partial charge is 0.240 e. The Morgan fingerprint density at radius 2 is 1.77 bits per heavy atom. The summed E-state index contributed by atoms with van der Waals surface area (Å²) in [6.07, 6.45) is 0.133. The lowest BCUT2D eigenvalue weighted by atomic mass is 10.1. The SMILES string of the molecule is Cc1cccc(C)c1N=C1NC(=O)C(CC(=O)N(C)c2ccccc2)S1. The third kappa shape index (κ3) is 3.96. The number of aryl methyl sites for hydroxylation is 2. The van der Waals surface area contributed by atoms with Crippen molar-refractivity contribution in [3.05, 3.63) is 59.7 Å². The van der Waals surface area contributed by atoms with E-state index in [-0.39, 0.29) is 18.2 Å². The van der Waals surface area contributed by atoms with E-state index in [0.29, 0.717) is 5.17 Å². The number of para-hydroxylation sites is 2. The molecule has 3 rings (SSSR count). The zero-order valence-corrected chi connectivity index (χ0v) is 15.8. The number of benzene rings is 2. The van der Waals surface area contributed by atoms with E-state index in [1.807, 2.05) is 62.4 Å². The maximum Gasteiger partial charge on any atom is 0.240 e. The Morgan fingerprint density at radius 1 is 1.12 bits per heavy atom. The first-order valence-electron chi connectivity index (χ1n) is 8.39. The highest BCUT2D eigenvalue weighted by Crippen LogP contribution is 2.29. The second-order valence-electron chi connectivity index (χ2n) is 6.25. The second kappa shape index (κ2) is 7.74. The largest absolute Gasteiger partial charge is 0.315 e. The van der Waals surface area contributed by atoms with Crippen LogP contribution < -0.4 is 10.2 Å². The minimum absolute atomic E-state index is 0.0998. The first-order valence-corrected chi connectivity index (χ1v) is 9.27. The average molecular weight is 367 g/mol. The third-order valence-electron chi connectivity index (χ3n) is 4.31. The third-order valence-corrected chi connectivity index (χ3v) is 5.39. The van der Waals surface area contributed by atoms with E-state index in [2.05, 4.69) is 10.3 Å². The normalized spacial score (nSPS) is 18.0. The molecule has 1 heterocycles. The summed E-state index contributed by atoms with van der Waals surface area (Å²) < 4.78 is 0. The van der Waals surface area contributed by atoms with Gasteiger partial charge in [-0.15, -0.1) is 0 Å². The van der Waals surface area contributed by atoms with Gasteiger partial charge in [-0.3, -0.25) is 9.59 Å². The van der Waals surface area contributed by atoms with Crippen molar-refractivity contribution in [3.8, 4) is 0 Å². The Morgan fingerprint density at radius 3 is 2.42 bits per heavy atom. The van der Waals surface area contributed by atoms with Crippen molar-refractivity contribution in [2.75, 3.05) is 11.9 Å². The Bertz CT molecular complexity index is 844. The van der Waals surface area contributed by atoms with Crippen LogP contribution in [0.4, 0.5) is 11.4 Å². The minimum Gasteiger partial charge on any atom is -0.315 e. The molecule has 1 atom stereocenters. The van der Waals surface area contributed by atoms with Crippen molar-refractivity contribution in [3.63, 3.8) is 0 Å². The van der Waals surface area contributed by atoms with E-state index in [1.54, 1.807) is 11.9 Å². The Kier molecular flexibility index (Phi) is 5.42. The van der Waals surface area contributed by atoms with Gasteiger partial charge in [-0.25, -0.2) is 4.99 Å². The van der Waals surface area contributed by atoms with E-state index < -0.39 is 5.25 Å². The zero-order valence-electron chi connectivity index (χ0n) is 15.0. The number of amidine groups is 1. The Labute approximate surface area is 157 Å². The van der Waals surface area contributed by atoms with Gasteiger partial charge in [0.1, 0.15) is 5.25 Å². The van der Waals surface area contributed by atoms with Gasteiger partial charge in [0.15, 0.2) is 5.17 Å². The molecular weight excluding hydrogens is 346 g/mol. The molecular formula is C20H21N3O2S. The maximum atomic E-state index is 12.5. The van der Waals surface area contributed by atoms with Crippen LogP contribution in [-0.2, 0) is 9.59 Å². The van der Waals surface area contributed by atoms with Crippen LogP contribution in [0.2, 0.25) is 0 Å². The number of carbonyl (C=O) groups is 2. The number of anilines is 1. The van der Waals surface area contributed by atoms with Crippen molar-refractivity contribution in [1.82, 2.24) is 5.32 Å². The van der Waals surface area contributed by atoms with Crippen LogP contribution in [0.25, 0.3) is 0 Å². The number of rotatable bonds is 4. The number of thioether (sulfide) groups is 1. The first-order chi connectivity index (χ1) is 12.5. The van der Waals surface area contributed by atoms with E-state index in [9.17, 15) is 9.59 Å². The highest BCUT2D eigenvalue weighted by atomic mass is 32.2. The minimum atomic E-state index is -0.461. The van der Waals surface area contributed by atoms with Gasteiger partial charge in [-0.1, -0.05) is 48.2 Å². The molecule has 0 aliphatic carbocycles. The molecule has 1 aliphatic rings. The first kappa shape index (κ1) is 18.2. The molecule has 0 aromatic heterocycles. The lowest BCUT2D eigenvalue weighted by molar-refractivity contribution is -0.123. The van der Waals surface area contributed by atoms with Gasteiger partial charge >= 0.3 is 0 Å². The molecule has 1 N–H and O–H groups in total. The molecule has 1 aliphatic heterocycles. The lowest BCUT2D eigenvalue weighted by Gasteiger charge is -2.18. The average Bonchev–Trinajstić information content (AvgIpc) is 2.97. The molecule has 0 saturated carbocycles. The van der Waals surface area contributed by atoms with Gasteiger partial charge in [0.2, 0.25) is 11.8 Å². The fraction of sp³-hybridized carbons (Fsp3) is 0.250. The summed E-state index contributed by atoms with van der Waals surface area (Å²) in [6, 6.07) is 15.4. The number of amides is 2. The number of nitrogens with one attached hydrogen (secondary N) is 1. The van der Waals surface area contributed by atoms with Gasteiger partial charge < -0.3 is 10.2 Å². The summed E-state index contributed by atoms with van der Waals surface area (Å²) in [5.41, 5.74) is 3.78. The standard InChI is InChI=1S/C20H21N3O2S/c1-13-8-7-9-14(2)18(13)21-20-22-19(25)16(26-20)12-17(24)23(3)15-10-5-4-6-11-15/h4-11,16H,12H2,1-3H3,(H,21,22,25). The van der Waals surface area contributed by atoms with Crippen molar-refractivity contribution in [2.45, 2.75) is 25.5 Å². The number of aliphatic imine (C=N–C) groups is 1. The van der Waals surface area contributed by atoms with Crippen LogP contribution in [0.5, 0.6) is 0 Å². The predicted molar refractivity (Wildman–Crippen MR) is 107 cm³/mol. The van der Waals surface area contributed by atoms with E-state index in [1.165, 1.54) is 11.8 Å². The van der Waals surface area contributed by atoms with Crippen LogP contribution in [-0.4, -0.2) is 29.3 Å². The molecule has 6 heteroatoms. The summed E-state index contributed by atoms with van der Waals surface area (Å²) in [5, 5.41) is 2.88. The van der Waals surface area contributed by atoms with Crippen molar-refractivity contribution >= 4 is 40.1 Å². The molecule has 1 unspecified atom stereocenters. The van der Waals surface area contributed by atoms with Gasteiger partial charge in [-0.05, 0) is 37.1 Å². The van der Waals surface area contributed by atoms with Crippen LogP contribution >= 0.6 is 11.8 Å². The fourth-order valence-corrected chi connectivity index (χ4v) is 3.73. The Hall–Kier alpha value is -2.60. The summed E-state index contributed by atoms with van der Waals surface area (Å²) >= 11 is 1.31. The molecule has 2 amide bonds. The monoisotopic (exact) mass is 367 g/mol. The molecule has 2 aromatic rings. The summed E-state index contributed by atoms with van der Waals surface area (Å²) in [6.45, 7) is 3.98. The van der Waals surface area contributed by atoms with Crippen LogP contribution in [0.15, 0.2) is 53.5 Å². The van der Waals surface area contributed by atoms with Crippen molar-refractivity contribution in [1.29, 1.82) is 0 Å².